The van der Waals surface area contributed by atoms with Gasteiger partial charge in [0.15, 0.2) is 0 Å². The Labute approximate surface area is 160 Å². The summed E-state index contributed by atoms with van der Waals surface area (Å²) in [6.07, 6.45) is 0.0845. The fraction of sp³-hybridized carbons (Fsp3) is 0.316. The minimum Gasteiger partial charge on any atom is -0.341 e. The van der Waals surface area contributed by atoms with Crippen LogP contribution < -0.4 is 4.72 Å². The predicted octanol–water partition coefficient (Wildman–Crippen LogP) is 3.28. The standard InChI is InChI=1S/C19H23ClN2O3S/c1-14-7-8-18(15(2)11-14)26(24,25)21-10-9-19(23)22(3)13-16-5-4-6-17(20)12-16/h4-8,11-12,21H,9-10,13H2,1-3H3. The van der Waals surface area contributed by atoms with E-state index in [1.54, 1.807) is 43.1 Å². The summed E-state index contributed by atoms with van der Waals surface area (Å²) in [5.74, 6) is -0.145. The lowest BCUT2D eigenvalue weighted by Crippen LogP contribution is -2.32. The van der Waals surface area contributed by atoms with Crippen molar-refractivity contribution >= 4 is 27.5 Å². The molecule has 0 unspecified atom stereocenters. The smallest absolute Gasteiger partial charge is 0.240 e. The van der Waals surface area contributed by atoms with Gasteiger partial charge in [-0.05, 0) is 43.2 Å². The molecule has 1 amide bonds. The second-order valence-electron chi connectivity index (χ2n) is 6.30. The molecule has 2 aromatic rings. The summed E-state index contributed by atoms with van der Waals surface area (Å²) in [5.41, 5.74) is 2.60. The second kappa shape index (κ2) is 8.66. The van der Waals surface area contributed by atoms with Crippen molar-refractivity contribution in [2.45, 2.75) is 31.7 Å². The first kappa shape index (κ1) is 20.4. The number of halogens is 1. The molecule has 1 N–H and O–H groups in total. The Morgan fingerprint density at radius 1 is 1.15 bits per heavy atom. The first-order chi connectivity index (χ1) is 12.2. The van der Waals surface area contributed by atoms with E-state index in [1.807, 2.05) is 25.1 Å². The number of hydrogen-bond acceptors (Lipinski definition) is 3. The number of aryl methyl sites for hydroxylation is 2. The van der Waals surface area contributed by atoms with Gasteiger partial charge in [-0.1, -0.05) is 41.4 Å². The van der Waals surface area contributed by atoms with Crippen LogP contribution in [0.2, 0.25) is 5.02 Å². The Hall–Kier alpha value is -1.89. The van der Waals surface area contributed by atoms with Gasteiger partial charge in [-0.15, -0.1) is 0 Å². The minimum atomic E-state index is -3.63. The molecular formula is C19H23ClN2O3S. The molecule has 2 aromatic carbocycles. The number of nitrogens with zero attached hydrogens (tertiary/aromatic N) is 1. The van der Waals surface area contributed by atoms with Crippen LogP contribution in [0.5, 0.6) is 0 Å². The maximum absolute atomic E-state index is 12.4. The lowest BCUT2D eigenvalue weighted by molar-refractivity contribution is -0.130. The molecule has 0 spiro atoms. The number of hydrogen-bond donors (Lipinski definition) is 1. The average Bonchev–Trinajstić information content (AvgIpc) is 2.54. The molecular weight excluding hydrogens is 372 g/mol. The minimum absolute atomic E-state index is 0.0500. The fourth-order valence-corrected chi connectivity index (χ4v) is 4.13. The fourth-order valence-electron chi connectivity index (χ4n) is 2.66. The Morgan fingerprint density at radius 3 is 2.54 bits per heavy atom. The molecule has 7 heteroatoms. The van der Waals surface area contributed by atoms with Crippen LogP contribution >= 0.6 is 11.6 Å². The van der Waals surface area contributed by atoms with E-state index in [-0.39, 0.29) is 23.8 Å². The highest BCUT2D eigenvalue weighted by Crippen LogP contribution is 2.16. The maximum Gasteiger partial charge on any atom is 0.240 e. The zero-order valence-corrected chi connectivity index (χ0v) is 16.7. The van der Waals surface area contributed by atoms with Gasteiger partial charge in [-0.3, -0.25) is 4.79 Å². The SMILES string of the molecule is Cc1ccc(S(=O)(=O)NCCC(=O)N(C)Cc2cccc(Cl)c2)c(C)c1. The summed E-state index contributed by atoms with van der Waals surface area (Å²) in [5, 5.41) is 0.615. The van der Waals surface area contributed by atoms with E-state index in [1.165, 1.54) is 0 Å². The van der Waals surface area contributed by atoms with E-state index in [0.29, 0.717) is 17.1 Å². The summed E-state index contributed by atoms with van der Waals surface area (Å²) < 4.78 is 27.3. The molecule has 0 aliphatic rings. The third kappa shape index (κ3) is 5.56. The number of nitrogens with one attached hydrogen (secondary N) is 1. The van der Waals surface area contributed by atoms with Gasteiger partial charge in [-0.2, -0.15) is 0 Å². The third-order valence-corrected chi connectivity index (χ3v) is 5.84. The van der Waals surface area contributed by atoms with Crippen molar-refractivity contribution in [1.29, 1.82) is 0 Å². The summed E-state index contributed by atoms with van der Waals surface area (Å²) in [4.78, 5) is 14.0. The number of benzene rings is 2. The van der Waals surface area contributed by atoms with Crippen molar-refractivity contribution in [2.75, 3.05) is 13.6 Å². The number of carbonyl (C=O) groups is 1. The van der Waals surface area contributed by atoms with Gasteiger partial charge >= 0.3 is 0 Å². The molecule has 5 nitrogen and oxygen atoms in total. The van der Waals surface area contributed by atoms with Crippen molar-refractivity contribution in [2.24, 2.45) is 0 Å². The molecule has 0 aliphatic carbocycles. The Balaban J connectivity index is 1.90. The van der Waals surface area contributed by atoms with Gasteiger partial charge in [0.05, 0.1) is 4.90 Å². The highest BCUT2D eigenvalue weighted by atomic mass is 35.5. The van der Waals surface area contributed by atoms with Crippen molar-refractivity contribution in [1.82, 2.24) is 9.62 Å². The lowest BCUT2D eigenvalue weighted by atomic mass is 10.2. The monoisotopic (exact) mass is 394 g/mol. The summed E-state index contributed by atoms with van der Waals surface area (Å²) in [6, 6.07) is 12.4. The zero-order valence-electron chi connectivity index (χ0n) is 15.1. The zero-order chi connectivity index (χ0) is 19.3. The molecule has 0 aliphatic heterocycles. The van der Waals surface area contributed by atoms with E-state index in [0.717, 1.165) is 11.1 Å². The summed E-state index contributed by atoms with van der Waals surface area (Å²) >= 11 is 5.94. The van der Waals surface area contributed by atoms with Gasteiger partial charge in [-0.25, -0.2) is 13.1 Å². The molecule has 0 saturated carbocycles. The molecule has 0 fully saturated rings. The van der Waals surface area contributed by atoms with Crippen LogP contribution in [0.4, 0.5) is 0 Å². The van der Waals surface area contributed by atoms with Crippen molar-refractivity contribution in [3.05, 3.63) is 64.2 Å². The van der Waals surface area contributed by atoms with Crippen LogP contribution in [-0.2, 0) is 21.4 Å². The first-order valence-electron chi connectivity index (χ1n) is 8.24. The van der Waals surface area contributed by atoms with Crippen LogP contribution in [0.3, 0.4) is 0 Å². The van der Waals surface area contributed by atoms with Gasteiger partial charge in [0.25, 0.3) is 0 Å². The van der Waals surface area contributed by atoms with Crippen LogP contribution in [0, 0.1) is 13.8 Å². The van der Waals surface area contributed by atoms with Crippen LogP contribution in [-0.4, -0.2) is 32.8 Å². The second-order valence-corrected chi connectivity index (χ2v) is 8.47. The van der Waals surface area contributed by atoms with Crippen LogP contribution in [0.25, 0.3) is 0 Å². The third-order valence-electron chi connectivity index (χ3n) is 3.99. The van der Waals surface area contributed by atoms with E-state index in [4.69, 9.17) is 11.6 Å². The number of amides is 1. The molecule has 0 saturated heterocycles. The number of rotatable bonds is 7. The highest BCUT2D eigenvalue weighted by Gasteiger charge is 2.17. The highest BCUT2D eigenvalue weighted by molar-refractivity contribution is 7.89. The average molecular weight is 395 g/mol. The molecule has 140 valence electrons. The molecule has 0 radical (unpaired) electrons. The molecule has 0 heterocycles. The molecule has 2 rings (SSSR count). The quantitative estimate of drug-likeness (QED) is 0.783. The largest absolute Gasteiger partial charge is 0.341 e. The lowest BCUT2D eigenvalue weighted by Gasteiger charge is -2.18. The summed E-state index contributed by atoms with van der Waals surface area (Å²) in [7, 11) is -1.95. The Kier molecular flexibility index (Phi) is 6.81. The molecule has 0 atom stereocenters. The van der Waals surface area contributed by atoms with E-state index in [9.17, 15) is 13.2 Å². The van der Waals surface area contributed by atoms with Gasteiger partial charge in [0.2, 0.25) is 15.9 Å². The maximum atomic E-state index is 12.4. The van der Waals surface area contributed by atoms with Crippen molar-refractivity contribution in [3.63, 3.8) is 0 Å². The van der Waals surface area contributed by atoms with E-state index in [2.05, 4.69) is 4.72 Å². The van der Waals surface area contributed by atoms with E-state index < -0.39 is 10.0 Å². The summed E-state index contributed by atoms with van der Waals surface area (Å²) in [6.45, 7) is 4.13. The van der Waals surface area contributed by atoms with Gasteiger partial charge < -0.3 is 4.90 Å². The molecule has 26 heavy (non-hydrogen) atoms. The van der Waals surface area contributed by atoms with Gasteiger partial charge in [0.1, 0.15) is 0 Å². The topological polar surface area (TPSA) is 66.5 Å². The normalized spacial score (nSPS) is 11.4. The number of carbonyl (C=O) groups excluding carboxylic acids is 1. The number of sulfonamides is 1. The predicted molar refractivity (Wildman–Crippen MR) is 104 cm³/mol. The van der Waals surface area contributed by atoms with Crippen molar-refractivity contribution < 1.29 is 13.2 Å². The Bertz CT molecular complexity index is 897. The van der Waals surface area contributed by atoms with Crippen molar-refractivity contribution in [3.8, 4) is 0 Å². The van der Waals surface area contributed by atoms with Gasteiger partial charge in [0, 0.05) is 31.6 Å². The van der Waals surface area contributed by atoms with Crippen LogP contribution in [0.1, 0.15) is 23.1 Å². The Morgan fingerprint density at radius 2 is 1.88 bits per heavy atom. The first-order valence-corrected chi connectivity index (χ1v) is 10.1. The molecule has 0 bridgehead atoms. The van der Waals surface area contributed by atoms with E-state index >= 15 is 0 Å². The molecule has 0 aromatic heterocycles. The van der Waals surface area contributed by atoms with Crippen LogP contribution in [0.15, 0.2) is 47.4 Å².